The molecule has 6 heteroatoms. The molecule has 0 saturated heterocycles. The van der Waals surface area contributed by atoms with Crippen LogP contribution in [0.3, 0.4) is 0 Å². The van der Waals surface area contributed by atoms with Gasteiger partial charge in [-0.1, -0.05) is 148 Å². The number of carboxylic acid groups (broad SMARTS) is 3. The van der Waals surface area contributed by atoms with Gasteiger partial charge in [0.05, 0.1) is 0 Å². The molecule has 0 rings (SSSR count). The highest BCUT2D eigenvalue weighted by atomic mass is 16.4. The Labute approximate surface area is 260 Å². The summed E-state index contributed by atoms with van der Waals surface area (Å²) in [6.07, 6.45) is 35.8. The van der Waals surface area contributed by atoms with Crippen molar-refractivity contribution in [3.05, 3.63) is 12.2 Å². The molecule has 0 aromatic rings. The maximum Gasteiger partial charge on any atom is 0.303 e. The molecule has 0 heterocycles. The summed E-state index contributed by atoms with van der Waals surface area (Å²) in [5.74, 6) is -2.00. The van der Waals surface area contributed by atoms with Crippen LogP contribution in [-0.2, 0) is 14.4 Å². The lowest BCUT2D eigenvalue weighted by atomic mass is 10.1. The first kappa shape index (κ1) is 44.6. The minimum Gasteiger partial charge on any atom is -0.481 e. The molecule has 0 atom stereocenters. The largest absolute Gasteiger partial charge is 0.481 e. The summed E-state index contributed by atoms with van der Waals surface area (Å²) < 4.78 is 0. The molecule has 3 N–H and O–H groups in total. The molecule has 0 aliphatic carbocycles. The number of carboxylic acids is 3. The van der Waals surface area contributed by atoms with E-state index in [-0.39, 0.29) is 0 Å². The van der Waals surface area contributed by atoms with Gasteiger partial charge >= 0.3 is 17.9 Å². The zero-order chi connectivity index (χ0) is 31.9. The Kier molecular flexibility index (Phi) is 43.8. The van der Waals surface area contributed by atoms with Crippen molar-refractivity contribution in [1.29, 1.82) is 0 Å². The van der Waals surface area contributed by atoms with Crippen LogP contribution in [-0.4, -0.2) is 33.2 Å². The molecular formula is C36H70O6. The Balaban J connectivity index is -0.000000590. The molecule has 0 aromatic carbocycles. The standard InChI is InChI=1S/C18H34O2.C10H20O2.C8H16O2/c1-2-3-4-5-6-7-8-9-10-11-12-13-14-15-16-17-18(19)20;1-2-3-4-5-6-7-8-9-10(11)12;1-2-3-4-5-6-7-8(9)10/h9-10H,2-8,11-17H2,1H3,(H,19,20);2-9H2,1H3,(H,11,12);2-7H2,1H3,(H,9,10)/b10-9-;;. The van der Waals surface area contributed by atoms with Crippen LogP contribution >= 0.6 is 0 Å². The fourth-order valence-electron chi connectivity index (χ4n) is 4.46. The molecule has 42 heavy (non-hydrogen) atoms. The average molecular weight is 599 g/mol. The van der Waals surface area contributed by atoms with Crippen molar-refractivity contribution < 1.29 is 29.7 Å². The summed E-state index contributed by atoms with van der Waals surface area (Å²) in [7, 11) is 0. The second kappa shape index (κ2) is 41.3. The van der Waals surface area contributed by atoms with Gasteiger partial charge in [-0.05, 0) is 44.9 Å². The predicted octanol–water partition coefficient (Wildman–Crippen LogP) is 11.8. The van der Waals surface area contributed by atoms with Crippen LogP contribution in [0.4, 0.5) is 0 Å². The smallest absolute Gasteiger partial charge is 0.303 e. The van der Waals surface area contributed by atoms with E-state index < -0.39 is 17.9 Å². The number of rotatable bonds is 29. The third kappa shape index (κ3) is 54.3. The highest BCUT2D eigenvalue weighted by Gasteiger charge is 1.97. The lowest BCUT2D eigenvalue weighted by Gasteiger charge is -1.99. The lowest BCUT2D eigenvalue weighted by molar-refractivity contribution is -0.138. The maximum absolute atomic E-state index is 10.3. The first-order valence-electron chi connectivity index (χ1n) is 17.6. The Morgan fingerprint density at radius 1 is 0.357 bits per heavy atom. The Bertz CT molecular complexity index is 587. The van der Waals surface area contributed by atoms with Crippen LogP contribution in [0.25, 0.3) is 0 Å². The van der Waals surface area contributed by atoms with Gasteiger partial charge in [0.2, 0.25) is 0 Å². The lowest BCUT2D eigenvalue weighted by Crippen LogP contribution is -1.93. The van der Waals surface area contributed by atoms with Crippen molar-refractivity contribution in [3.8, 4) is 0 Å². The fourth-order valence-corrected chi connectivity index (χ4v) is 4.46. The van der Waals surface area contributed by atoms with Crippen molar-refractivity contribution in [1.82, 2.24) is 0 Å². The van der Waals surface area contributed by atoms with Crippen LogP contribution in [0.15, 0.2) is 12.2 Å². The molecule has 0 saturated carbocycles. The van der Waals surface area contributed by atoms with E-state index in [1.807, 2.05) is 0 Å². The molecule has 0 bridgehead atoms. The van der Waals surface area contributed by atoms with Gasteiger partial charge in [0.1, 0.15) is 0 Å². The first-order chi connectivity index (χ1) is 20.3. The Morgan fingerprint density at radius 3 is 0.810 bits per heavy atom. The SMILES string of the molecule is CCCCCCCC(=O)O.CCCCCCCC/C=C\CCCCCCCC(=O)O.CCCCCCCCCC(=O)O. The highest BCUT2D eigenvalue weighted by molar-refractivity contribution is 5.67. The molecule has 0 spiro atoms. The molecule has 0 amide bonds. The van der Waals surface area contributed by atoms with Crippen LogP contribution in [0.5, 0.6) is 0 Å². The van der Waals surface area contributed by atoms with E-state index in [4.69, 9.17) is 15.3 Å². The Morgan fingerprint density at radius 2 is 0.571 bits per heavy atom. The summed E-state index contributed by atoms with van der Waals surface area (Å²) in [5.41, 5.74) is 0. The summed E-state index contributed by atoms with van der Waals surface area (Å²) in [6, 6.07) is 0. The fraction of sp³-hybridized carbons (Fsp3) is 0.861. The molecule has 250 valence electrons. The normalized spacial score (nSPS) is 10.5. The maximum atomic E-state index is 10.3. The van der Waals surface area contributed by atoms with E-state index in [1.165, 1.54) is 122 Å². The van der Waals surface area contributed by atoms with Gasteiger partial charge in [0, 0.05) is 19.3 Å². The van der Waals surface area contributed by atoms with E-state index in [0.717, 1.165) is 38.5 Å². The minimum atomic E-state index is -0.670. The summed E-state index contributed by atoms with van der Waals surface area (Å²) in [6.45, 7) is 6.61. The van der Waals surface area contributed by atoms with E-state index in [1.54, 1.807) is 0 Å². The number of carbonyl (C=O) groups is 3. The molecular weight excluding hydrogens is 528 g/mol. The third-order valence-electron chi connectivity index (χ3n) is 7.14. The quantitative estimate of drug-likeness (QED) is 0.0583. The van der Waals surface area contributed by atoms with Crippen molar-refractivity contribution >= 4 is 17.9 Å². The monoisotopic (exact) mass is 599 g/mol. The molecule has 0 aromatic heterocycles. The number of allylic oxidation sites excluding steroid dienone is 2. The van der Waals surface area contributed by atoms with Gasteiger partial charge in [0.15, 0.2) is 0 Å². The van der Waals surface area contributed by atoms with Crippen molar-refractivity contribution in [2.24, 2.45) is 0 Å². The van der Waals surface area contributed by atoms with Crippen molar-refractivity contribution in [2.75, 3.05) is 0 Å². The third-order valence-corrected chi connectivity index (χ3v) is 7.14. The number of aliphatic carboxylic acids is 3. The van der Waals surface area contributed by atoms with Crippen LogP contribution in [0, 0.1) is 0 Å². The summed E-state index contributed by atoms with van der Waals surface area (Å²) in [5, 5.41) is 25.1. The minimum absolute atomic E-state index is 0.332. The number of hydrogen-bond donors (Lipinski definition) is 3. The molecule has 0 aliphatic rings. The topological polar surface area (TPSA) is 112 Å². The molecule has 6 nitrogen and oxygen atoms in total. The summed E-state index contributed by atoms with van der Waals surface area (Å²) >= 11 is 0. The zero-order valence-corrected chi connectivity index (χ0v) is 28.0. The van der Waals surface area contributed by atoms with Gasteiger partial charge in [-0.3, -0.25) is 14.4 Å². The van der Waals surface area contributed by atoms with E-state index in [2.05, 4.69) is 32.9 Å². The van der Waals surface area contributed by atoms with Gasteiger partial charge in [0.25, 0.3) is 0 Å². The Hall–Kier alpha value is -1.85. The van der Waals surface area contributed by atoms with Crippen molar-refractivity contribution in [3.63, 3.8) is 0 Å². The highest BCUT2D eigenvalue weighted by Crippen LogP contribution is 2.10. The molecule has 0 aliphatic heterocycles. The van der Waals surface area contributed by atoms with Crippen LogP contribution in [0.2, 0.25) is 0 Å². The molecule has 0 unspecified atom stereocenters. The average Bonchev–Trinajstić information content (AvgIpc) is 2.95. The first-order valence-corrected chi connectivity index (χ1v) is 17.6. The zero-order valence-electron chi connectivity index (χ0n) is 28.0. The second-order valence-corrected chi connectivity index (χ2v) is 11.6. The number of hydrogen-bond acceptors (Lipinski definition) is 3. The molecule has 0 radical (unpaired) electrons. The molecule has 0 fully saturated rings. The number of unbranched alkanes of at least 4 members (excludes halogenated alkanes) is 21. The summed E-state index contributed by atoms with van der Waals surface area (Å²) in [4.78, 5) is 30.5. The van der Waals surface area contributed by atoms with Gasteiger partial charge in [-0.2, -0.15) is 0 Å². The van der Waals surface area contributed by atoms with E-state index in [9.17, 15) is 14.4 Å². The van der Waals surface area contributed by atoms with Gasteiger partial charge in [-0.15, -0.1) is 0 Å². The van der Waals surface area contributed by atoms with Crippen molar-refractivity contribution in [2.45, 2.75) is 201 Å². The van der Waals surface area contributed by atoms with Crippen LogP contribution in [0.1, 0.15) is 201 Å². The van der Waals surface area contributed by atoms with Gasteiger partial charge < -0.3 is 15.3 Å². The predicted molar refractivity (Wildman–Crippen MR) is 178 cm³/mol. The van der Waals surface area contributed by atoms with Gasteiger partial charge in [-0.25, -0.2) is 0 Å². The van der Waals surface area contributed by atoms with E-state index in [0.29, 0.717) is 19.3 Å². The van der Waals surface area contributed by atoms with E-state index >= 15 is 0 Å². The van der Waals surface area contributed by atoms with Crippen LogP contribution < -0.4 is 0 Å². The second-order valence-electron chi connectivity index (χ2n) is 11.6.